The molecule has 2 aromatic carbocycles. The molecule has 2 rings (SSSR count). The smallest absolute Gasteiger partial charge is 0.314 e. The lowest BCUT2D eigenvalue weighted by Gasteiger charge is -2.10. The molecule has 2 aromatic rings. The zero-order valence-corrected chi connectivity index (χ0v) is 11.2. The van der Waals surface area contributed by atoms with Gasteiger partial charge in [0.25, 0.3) is 0 Å². The van der Waals surface area contributed by atoms with E-state index in [0.717, 1.165) is 0 Å². The fraction of sp³-hybridized carbons (Fsp3) is 0.118. The number of carbonyl (C=O) groups excluding carboxylic acids is 2. The van der Waals surface area contributed by atoms with Gasteiger partial charge in [0.05, 0.1) is 0 Å². The van der Waals surface area contributed by atoms with E-state index in [1.54, 1.807) is 60.7 Å². The molecule has 0 aliphatic rings. The maximum absolute atomic E-state index is 12.2. The Hall–Kier alpha value is -2.75. The number of benzene rings is 2. The van der Waals surface area contributed by atoms with Crippen LogP contribution in [-0.4, -0.2) is 22.6 Å². The molecule has 0 saturated carbocycles. The minimum atomic E-state index is -1.36. The van der Waals surface area contributed by atoms with E-state index < -0.39 is 17.7 Å². The normalized spacial score (nSPS) is 11.6. The van der Waals surface area contributed by atoms with Crippen LogP contribution in [0.3, 0.4) is 0 Å². The summed E-state index contributed by atoms with van der Waals surface area (Å²) in [6.45, 7) is 0. The van der Waals surface area contributed by atoms with Crippen LogP contribution < -0.4 is 0 Å². The van der Waals surface area contributed by atoms with E-state index in [2.05, 4.69) is 0 Å². The highest BCUT2D eigenvalue weighted by Crippen LogP contribution is 2.16. The van der Waals surface area contributed by atoms with Gasteiger partial charge in [0.2, 0.25) is 0 Å². The highest BCUT2D eigenvalue weighted by Gasteiger charge is 2.29. The Bertz CT molecular complexity index is 647. The highest BCUT2D eigenvalue weighted by molar-refractivity contribution is 6.11. The fourth-order valence-electron chi connectivity index (χ4n) is 2.02. The molecule has 0 spiro atoms. The average molecular weight is 282 g/mol. The molecule has 4 heteroatoms. The molecular weight excluding hydrogens is 268 g/mol. The number of Topliss-reactive ketones (excluding diaryl/α,β-unsaturated/α-hetero) is 2. The maximum Gasteiger partial charge on any atom is 0.314 e. The fourth-order valence-corrected chi connectivity index (χ4v) is 2.02. The molecule has 0 aliphatic heterocycles. The van der Waals surface area contributed by atoms with Crippen LogP contribution in [-0.2, 0) is 4.79 Å². The van der Waals surface area contributed by atoms with Crippen LogP contribution in [0.1, 0.15) is 27.1 Å². The zero-order valence-electron chi connectivity index (χ0n) is 11.2. The first-order valence-corrected chi connectivity index (χ1v) is 6.50. The third-order valence-electron chi connectivity index (χ3n) is 3.16. The van der Waals surface area contributed by atoms with Gasteiger partial charge < -0.3 is 5.11 Å². The first kappa shape index (κ1) is 14.7. The van der Waals surface area contributed by atoms with Crippen molar-refractivity contribution in [2.45, 2.75) is 6.42 Å². The predicted molar refractivity (Wildman–Crippen MR) is 77.3 cm³/mol. The molecule has 0 heterocycles. The lowest BCUT2D eigenvalue weighted by molar-refractivity contribution is -0.139. The van der Waals surface area contributed by atoms with E-state index in [1.165, 1.54) is 0 Å². The van der Waals surface area contributed by atoms with Crippen molar-refractivity contribution in [3.05, 3.63) is 71.8 Å². The summed E-state index contributed by atoms with van der Waals surface area (Å²) in [4.78, 5) is 35.6. The average Bonchev–Trinajstić information content (AvgIpc) is 2.53. The predicted octanol–water partition coefficient (Wildman–Crippen LogP) is 2.84. The van der Waals surface area contributed by atoms with Crippen LogP contribution >= 0.6 is 0 Å². The van der Waals surface area contributed by atoms with Gasteiger partial charge in [-0.2, -0.15) is 0 Å². The summed E-state index contributed by atoms with van der Waals surface area (Å²) in [6.07, 6.45) is -0.340. The largest absolute Gasteiger partial charge is 0.481 e. The second-order valence-electron chi connectivity index (χ2n) is 4.61. The third kappa shape index (κ3) is 3.63. The molecule has 21 heavy (non-hydrogen) atoms. The van der Waals surface area contributed by atoms with Gasteiger partial charge in [0.15, 0.2) is 11.6 Å². The lowest BCUT2D eigenvalue weighted by Crippen LogP contribution is -2.26. The van der Waals surface area contributed by atoms with Crippen LogP contribution in [0.25, 0.3) is 0 Å². The van der Waals surface area contributed by atoms with Crippen molar-refractivity contribution in [3.8, 4) is 0 Å². The van der Waals surface area contributed by atoms with E-state index in [4.69, 9.17) is 0 Å². The van der Waals surface area contributed by atoms with E-state index in [9.17, 15) is 19.5 Å². The molecule has 0 fully saturated rings. The number of aliphatic carboxylic acids is 1. The minimum absolute atomic E-state index is 0.297. The molecule has 0 aromatic heterocycles. The molecule has 1 atom stereocenters. The number of hydrogen-bond acceptors (Lipinski definition) is 3. The van der Waals surface area contributed by atoms with Crippen LogP contribution in [0.4, 0.5) is 0 Å². The van der Waals surface area contributed by atoms with Crippen LogP contribution in [0.5, 0.6) is 0 Å². The van der Waals surface area contributed by atoms with Crippen molar-refractivity contribution in [1.29, 1.82) is 0 Å². The summed E-state index contributed by atoms with van der Waals surface area (Å²) in [5.41, 5.74) is 0.704. The Morgan fingerprint density at radius 1 is 0.810 bits per heavy atom. The van der Waals surface area contributed by atoms with Gasteiger partial charge in [0, 0.05) is 17.5 Å². The number of carboxylic acid groups (broad SMARTS) is 1. The van der Waals surface area contributed by atoms with Gasteiger partial charge in [-0.25, -0.2) is 0 Å². The van der Waals surface area contributed by atoms with Crippen molar-refractivity contribution in [2.75, 3.05) is 0 Å². The topological polar surface area (TPSA) is 71.4 Å². The van der Waals surface area contributed by atoms with Gasteiger partial charge >= 0.3 is 5.97 Å². The van der Waals surface area contributed by atoms with Gasteiger partial charge in [-0.3, -0.25) is 14.4 Å². The Morgan fingerprint density at radius 2 is 1.29 bits per heavy atom. The van der Waals surface area contributed by atoms with Crippen LogP contribution in [0.15, 0.2) is 60.7 Å². The molecule has 4 nitrogen and oxygen atoms in total. The van der Waals surface area contributed by atoms with Crippen molar-refractivity contribution in [2.24, 2.45) is 5.92 Å². The minimum Gasteiger partial charge on any atom is -0.481 e. The standard InChI is InChI=1S/C17H14O4/c18-15(12-7-3-1-4-8-12)11-14(17(20)21)16(19)13-9-5-2-6-10-13/h1-10,14H,11H2,(H,20,21). The number of hydrogen-bond donors (Lipinski definition) is 1. The van der Waals surface area contributed by atoms with Crippen molar-refractivity contribution >= 4 is 17.5 Å². The number of ketones is 2. The first-order valence-electron chi connectivity index (χ1n) is 6.50. The van der Waals surface area contributed by atoms with Crippen molar-refractivity contribution < 1.29 is 19.5 Å². The molecule has 106 valence electrons. The summed E-state index contributed by atoms with van der Waals surface area (Å²) in [7, 11) is 0. The van der Waals surface area contributed by atoms with Gasteiger partial charge in [-0.15, -0.1) is 0 Å². The number of rotatable bonds is 6. The lowest BCUT2D eigenvalue weighted by atomic mass is 9.91. The molecule has 0 amide bonds. The maximum atomic E-state index is 12.2. The number of carbonyl (C=O) groups is 3. The summed E-state index contributed by atoms with van der Waals surface area (Å²) < 4.78 is 0. The third-order valence-corrected chi connectivity index (χ3v) is 3.16. The Labute approximate surface area is 122 Å². The molecule has 1 N–H and O–H groups in total. The van der Waals surface area contributed by atoms with Gasteiger partial charge in [-0.05, 0) is 0 Å². The van der Waals surface area contributed by atoms with E-state index in [1.807, 2.05) is 0 Å². The second kappa shape index (κ2) is 6.61. The van der Waals surface area contributed by atoms with Crippen molar-refractivity contribution in [3.63, 3.8) is 0 Å². The molecule has 1 unspecified atom stereocenters. The van der Waals surface area contributed by atoms with Gasteiger partial charge in [0.1, 0.15) is 5.92 Å². The zero-order chi connectivity index (χ0) is 15.2. The van der Waals surface area contributed by atoms with Crippen LogP contribution in [0, 0.1) is 5.92 Å². The first-order chi connectivity index (χ1) is 10.1. The highest BCUT2D eigenvalue weighted by atomic mass is 16.4. The summed E-state index contributed by atoms with van der Waals surface area (Å²) in [5.74, 6) is -3.55. The summed E-state index contributed by atoms with van der Waals surface area (Å²) in [5, 5.41) is 9.23. The van der Waals surface area contributed by atoms with Crippen molar-refractivity contribution in [1.82, 2.24) is 0 Å². The molecule has 0 aliphatic carbocycles. The quantitative estimate of drug-likeness (QED) is 0.653. The Morgan fingerprint density at radius 3 is 1.76 bits per heavy atom. The van der Waals surface area contributed by atoms with E-state index in [0.29, 0.717) is 11.1 Å². The molecule has 0 bridgehead atoms. The van der Waals surface area contributed by atoms with E-state index in [-0.39, 0.29) is 12.2 Å². The SMILES string of the molecule is O=C(CC(C(=O)O)C(=O)c1ccccc1)c1ccccc1. The number of carboxylic acids is 1. The summed E-state index contributed by atoms with van der Waals surface area (Å²) >= 11 is 0. The molecular formula is C17H14O4. The Balaban J connectivity index is 2.19. The monoisotopic (exact) mass is 282 g/mol. The molecule has 0 saturated heterocycles. The van der Waals surface area contributed by atoms with Crippen LogP contribution in [0.2, 0.25) is 0 Å². The Kier molecular flexibility index (Phi) is 4.61. The molecule has 0 radical (unpaired) electrons. The second-order valence-corrected chi connectivity index (χ2v) is 4.61. The summed E-state index contributed by atoms with van der Waals surface area (Å²) in [6, 6.07) is 16.5. The van der Waals surface area contributed by atoms with E-state index >= 15 is 0 Å². The van der Waals surface area contributed by atoms with Gasteiger partial charge in [-0.1, -0.05) is 60.7 Å².